The van der Waals surface area contributed by atoms with Crippen LogP contribution in [0.3, 0.4) is 0 Å². The third-order valence-electron chi connectivity index (χ3n) is 1.09. The summed E-state index contributed by atoms with van der Waals surface area (Å²) in [6, 6.07) is 0. The molecular formula is C5H6N2O2. The molecule has 3 N–H and O–H groups in total. The van der Waals surface area contributed by atoms with Crippen molar-refractivity contribution in [3.63, 3.8) is 0 Å². The molecule has 0 unspecified atom stereocenters. The molecule has 0 fully saturated rings. The van der Waals surface area contributed by atoms with Crippen LogP contribution in [0.4, 0.5) is 0 Å². The minimum absolute atomic E-state index is 0.127. The second-order valence-electron chi connectivity index (χ2n) is 1.68. The van der Waals surface area contributed by atoms with Gasteiger partial charge in [-0.1, -0.05) is 0 Å². The average molecular weight is 126 g/mol. The molecule has 1 aliphatic heterocycles. The zero-order chi connectivity index (χ0) is 6.85. The van der Waals surface area contributed by atoms with Crippen LogP contribution in [0, 0.1) is 0 Å². The van der Waals surface area contributed by atoms with Gasteiger partial charge in [-0.25, -0.2) is 9.79 Å². The van der Waals surface area contributed by atoms with Crippen LogP contribution < -0.4 is 5.73 Å². The number of aliphatic imine (C=N–C) groups is 1. The number of nitrogens with two attached hydrogens (primary N) is 1. The van der Waals surface area contributed by atoms with E-state index in [0.717, 1.165) is 0 Å². The smallest absolute Gasteiger partial charge is 0.335 e. The molecule has 0 atom stereocenters. The fourth-order valence-corrected chi connectivity index (χ4v) is 0.615. The molecule has 0 radical (unpaired) electrons. The number of carboxylic acids is 1. The van der Waals surface area contributed by atoms with Crippen molar-refractivity contribution in [3.05, 3.63) is 11.4 Å². The Bertz CT molecular complexity index is 205. The van der Waals surface area contributed by atoms with Crippen LogP contribution in [0.1, 0.15) is 6.42 Å². The summed E-state index contributed by atoms with van der Waals surface area (Å²) in [6.45, 7) is 0. The van der Waals surface area contributed by atoms with Crippen molar-refractivity contribution in [1.82, 2.24) is 0 Å². The van der Waals surface area contributed by atoms with Crippen LogP contribution in [-0.2, 0) is 4.79 Å². The molecule has 0 aromatic carbocycles. The van der Waals surface area contributed by atoms with E-state index in [2.05, 4.69) is 4.99 Å². The zero-order valence-electron chi connectivity index (χ0n) is 4.66. The van der Waals surface area contributed by atoms with E-state index in [0.29, 0.717) is 6.42 Å². The summed E-state index contributed by atoms with van der Waals surface area (Å²) < 4.78 is 0. The number of hydrogen-bond donors (Lipinski definition) is 2. The van der Waals surface area contributed by atoms with Crippen LogP contribution in [0.5, 0.6) is 0 Å². The Labute approximate surface area is 51.7 Å². The zero-order valence-corrected chi connectivity index (χ0v) is 4.66. The second-order valence-corrected chi connectivity index (χ2v) is 1.68. The Balaban J connectivity index is 2.85. The molecule has 0 saturated heterocycles. The minimum atomic E-state index is -0.981. The van der Waals surface area contributed by atoms with Gasteiger partial charge in [0.25, 0.3) is 0 Å². The standard InChI is InChI=1S/C5H6N2O2/c6-4-3(5(8)9)1-2-7-4/h2H,1,6H2,(H,8,9). The van der Waals surface area contributed by atoms with E-state index in [4.69, 9.17) is 10.8 Å². The summed E-state index contributed by atoms with van der Waals surface area (Å²) in [6.07, 6.45) is 1.83. The molecule has 1 aliphatic rings. The van der Waals surface area contributed by atoms with Gasteiger partial charge in [0.15, 0.2) is 0 Å². The van der Waals surface area contributed by atoms with Crippen molar-refractivity contribution < 1.29 is 9.90 Å². The van der Waals surface area contributed by atoms with E-state index < -0.39 is 5.97 Å². The van der Waals surface area contributed by atoms with Crippen molar-refractivity contribution >= 4 is 12.2 Å². The summed E-state index contributed by atoms with van der Waals surface area (Å²) in [7, 11) is 0. The van der Waals surface area contributed by atoms with E-state index in [9.17, 15) is 4.79 Å². The predicted octanol–water partition coefficient (Wildman–Crippen LogP) is -0.284. The molecule has 4 heteroatoms. The summed E-state index contributed by atoms with van der Waals surface area (Å²) >= 11 is 0. The van der Waals surface area contributed by atoms with E-state index >= 15 is 0 Å². The first-order valence-corrected chi connectivity index (χ1v) is 2.46. The first-order chi connectivity index (χ1) is 4.22. The fourth-order valence-electron chi connectivity index (χ4n) is 0.615. The molecule has 4 nitrogen and oxygen atoms in total. The molecule has 0 saturated carbocycles. The van der Waals surface area contributed by atoms with Crippen molar-refractivity contribution in [3.8, 4) is 0 Å². The maximum Gasteiger partial charge on any atom is 0.335 e. The van der Waals surface area contributed by atoms with Crippen LogP contribution >= 0.6 is 0 Å². The molecule has 0 aliphatic carbocycles. The summed E-state index contributed by atoms with van der Waals surface area (Å²) in [4.78, 5) is 13.8. The highest BCUT2D eigenvalue weighted by Crippen LogP contribution is 2.10. The van der Waals surface area contributed by atoms with Gasteiger partial charge in [-0.3, -0.25) is 0 Å². The van der Waals surface area contributed by atoms with Gasteiger partial charge in [-0.05, 0) is 0 Å². The number of aliphatic carboxylic acids is 1. The Morgan fingerprint density at radius 3 is 2.78 bits per heavy atom. The molecule has 0 spiro atoms. The molecule has 0 bridgehead atoms. The fraction of sp³-hybridized carbons (Fsp3) is 0.200. The minimum Gasteiger partial charge on any atom is -0.478 e. The third kappa shape index (κ3) is 0.910. The van der Waals surface area contributed by atoms with Gasteiger partial charge in [-0.15, -0.1) is 0 Å². The lowest BCUT2D eigenvalue weighted by Gasteiger charge is -1.90. The molecule has 1 rings (SSSR count). The Morgan fingerprint density at radius 2 is 2.56 bits per heavy atom. The van der Waals surface area contributed by atoms with Gasteiger partial charge in [-0.2, -0.15) is 0 Å². The lowest BCUT2D eigenvalue weighted by atomic mass is 10.2. The van der Waals surface area contributed by atoms with E-state index in [1.165, 1.54) is 6.21 Å². The number of carbonyl (C=O) groups is 1. The quantitative estimate of drug-likeness (QED) is 0.507. The summed E-state index contributed by atoms with van der Waals surface area (Å²) in [5.74, 6) is -0.854. The maximum atomic E-state index is 10.2. The van der Waals surface area contributed by atoms with Gasteiger partial charge in [0.2, 0.25) is 0 Å². The van der Waals surface area contributed by atoms with Crippen LogP contribution in [0.25, 0.3) is 0 Å². The number of nitrogens with zero attached hydrogens (tertiary/aromatic N) is 1. The Morgan fingerprint density at radius 1 is 1.89 bits per heavy atom. The van der Waals surface area contributed by atoms with Crippen molar-refractivity contribution in [2.24, 2.45) is 10.7 Å². The highest BCUT2D eigenvalue weighted by Gasteiger charge is 2.13. The lowest BCUT2D eigenvalue weighted by molar-refractivity contribution is -0.132. The molecule has 0 amide bonds. The number of rotatable bonds is 1. The van der Waals surface area contributed by atoms with E-state index in [1.54, 1.807) is 0 Å². The highest BCUT2D eigenvalue weighted by atomic mass is 16.4. The van der Waals surface area contributed by atoms with Crippen LogP contribution in [0.2, 0.25) is 0 Å². The topological polar surface area (TPSA) is 75.7 Å². The third-order valence-corrected chi connectivity index (χ3v) is 1.09. The molecule has 9 heavy (non-hydrogen) atoms. The molecule has 1 heterocycles. The first-order valence-electron chi connectivity index (χ1n) is 2.46. The average Bonchev–Trinajstić information content (AvgIpc) is 2.13. The maximum absolute atomic E-state index is 10.2. The monoisotopic (exact) mass is 126 g/mol. The summed E-state index contributed by atoms with van der Waals surface area (Å²) in [5.41, 5.74) is 5.37. The summed E-state index contributed by atoms with van der Waals surface area (Å²) in [5, 5.41) is 8.37. The largest absolute Gasteiger partial charge is 0.478 e. The SMILES string of the molecule is NC1=C(C(=O)O)CC=N1. The van der Waals surface area contributed by atoms with Gasteiger partial charge in [0, 0.05) is 12.6 Å². The normalized spacial score (nSPS) is 16.9. The Kier molecular flexibility index (Phi) is 1.22. The Hall–Kier alpha value is -1.32. The van der Waals surface area contributed by atoms with Crippen LogP contribution in [0.15, 0.2) is 16.4 Å². The number of hydrogen-bond acceptors (Lipinski definition) is 3. The number of carboxylic acid groups (broad SMARTS) is 1. The van der Waals surface area contributed by atoms with Gasteiger partial charge in [0.05, 0.1) is 5.57 Å². The predicted molar refractivity (Wildman–Crippen MR) is 32.0 cm³/mol. The van der Waals surface area contributed by atoms with E-state index in [1.807, 2.05) is 0 Å². The lowest BCUT2D eigenvalue weighted by Crippen LogP contribution is -2.04. The molecular weight excluding hydrogens is 120 g/mol. The second kappa shape index (κ2) is 1.89. The molecule has 0 aromatic rings. The van der Waals surface area contributed by atoms with E-state index in [-0.39, 0.29) is 11.4 Å². The van der Waals surface area contributed by atoms with Crippen molar-refractivity contribution in [2.45, 2.75) is 6.42 Å². The molecule has 0 aromatic heterocycles. The van der Waals surface area contributed by atoms with Gasteiger partial charge < -0.3 is 10.8 Å². The van der Waals surface area contributed by atoms with Crippen molar-refractivity contribution in [2.75, 3.05) is 0 Å². The highest BCUT2D eigenvalue weighted by molar-refractivity contribution is 5.93. The van der Waals surface area contributed by atoms with Crippen LogP contribution in [-0.4, -0.2) is 17.3 Å². The molecule has 48 valence electrons. The first kappa shape index (κ1) is 5.81. The van der Waals surface area contributed by atoms with Gasteiger partial charge in [0.1, 0.15) is 5.82 Å². The van der Waals surface area contributed by atoms with Crippen molar-refractivity contribution in [1.29, 1.82) is 0 Å². The van der Waals surface area contributed by atoms with Gasteiger partial charge >= 0.3 is 5.97 Å².